The van der Waals surface area contributed by atoms with Crippen LogP contribution in [-0.4, -0.2) is 18.7 Å². The van der Waals surface area contributed by atoms with Gasteiger partial charge in [0, 0.05) is 11.8 Å². The summed E-state index contributed by atoms with van der Waals surface area (Å²) in [7, 11) is 0. The molecule has 0 fully saturated rings. The summed E-state index contributed by atoms with van der Waals surface area (Å²) in [6.07, 6.45) is 0. The highest BCUT2D eigenvalue weighted by molar-refractivity contribution is 6.14. The summed E-state index contributed by atoms with van der Waals surface area (Å²) in [5, 5.41) is 9.09. The van der Waals surface area contributed by atoms with Crippen LogP contribution in [0, 0.1) is 0 Å². The van der Waals surface area contributed by atoms with Crippen LogP contribution in [0.1, 0.15) is 0 Å². The predicted octanol–water partition coefficient (Wildman–Crippen LogP) is -0.605. The first-order chi connectivity index (χ1) is 8.00. The molecule has 0 saturated carbocycles. The molecule has 7 nitrogen and oxygen atoms in total. The SMILES string of the molecule is O=c1[nH]c(=O)n(-c2ccc(O)cc2)c(=O)n1Cl. The summed E-state index contributed by atoms with van der Waals surface area (Å²) < 4.78 is 0.933. The molecule has 2 N–H and O–H groups in total. The lowest BCUT2D eigenvalue weighted by molar-refractivity contribution is 0.475. The number of hydrogen-bond acceptors (Lipinski definition) is 4. The minimum atomic E-state index is -1.00. The van der Waals surface area contributed by atoms with Gasteiger partial charge in [-0.15, -0.1) is 0 Å². The lowest BCUT2D eigenvalue weighted by atomic mass is 10.3. The molecule has 0 bridgehead atoms. The Labute approximate surface area is 98.3 Å². The summed E-state index contributed by atoms with van der Waals surface area (Å²) in [4.78, 5) is 36.0. The molecular formula is C9H6ClN3O4. The van der Waals surface area contributed by atoms with Crippen LogP contribution < -0.4 is 17.1 Å². The van der Waals surface area contributed by atoms with Crippen LogP contribution >= 0.6 is 11.8 Å². The summed E-state index contributed by atoms with van der Waals surface area (Å²) >= 11 is 5.39. The van der Waals surface area contributed by atoms with E-state index in [4.69, 9.17) is 16.9 Å². The Morgan fingerprint density at radius 3 is 2.24 bits per heavy atom. The molecule has 1 aromatic carbocycles. The van der Waals surface area contributed by atoms with Gasteiger partial charge in [0.1, 0.15) is 5.75 Å². The smallest absolute Gasteiger partial charge is 0.356 e. The highest BCUT2D eigenvalue weighted by atomic mass is 35.5. The summed E-state index contributed by atoms with van der Waals surface area (Å²) in [6, 6.07) is 5.27. The van der Waals surface area contributed by atoms with Crippen molar-refractivity contribution in [2.24, 2.45) is 0 Å². The second kappa shape index (κ2) is 3.95. The second-order valence-corrected chi connectivity index (χ2v) is 3.49. The van der Waals surface area contributed by atoms with Gasteiger partial charge in [0.2, 0.25) is 0 Å². The first-order valence-electron chi connectivity index (χ1n) is 4.44. The van der Waals surface area contributed by atoms with E-state index in [9.17, 15) is 14.4 Å². The molecular weight excluding hydrogens is 250 g/mol. The summed E-state index contributed by atoms with van der Waals surface area (Å²) in [5.41, 5.74) is -2.70. The number of aromatic nitrogens is 3. The zero-order chi connectivity index (χ0) is 12.6. The largest absolute Gasteiger partial charge is 0.508 e. The number of nitrogens with one attached hydrogen (secondary N) is 1. The Bertz CT molecular complexity index is 726. The Morgan fingerprint density at radius 1 is 1.06 bits per heavy atom. The number of aromatic amines is 1. The molecule has 0 amide bonds. The molecule has 0 radical (unpaired) electrons. The number of aromatic hydroxyl groups is 1. The Morgan fingerprint density at radius 2 is 1.65 bits per heavy atom. The van der Waals surface area contributed by atoms with Crippen LogP contribution in [-0.2, 0) is 0 Å². The fourth-order valence-corrected chi connectivity index (χ4v) is 1.41. The van der Waals surface area contributed by atoms with Crippen molar-refractivity contribution in [3.8, 4) is 11.4 Å². The quantitative estimate of drug-likeness (QED) is 0.711. The van der Waals surface area contributed by atoms with E-state index < -0.39 is 17.1 Å². The summed E-state index contributed by atoms with van der Waals surface area (Å²) in [5.74, 6) is -0.0163. The average Bonchev–Trinajstić information content (AvgIpc) is 2.29. The molecule has 0 unspecified atom stereocenters. The number of benzene rings is 1. The van der Waals surface area contributed by atoms with Gasteiger partial charge < -0.3 is 5.11 Å². The maximum atomic E-state index is 11.6. The number of hydrogen-bond donors (Lipinski definition) is 2. The number of phenols is 1. The minimum Gasteiger partial charge on any atom is -0.508 e. The molecule has 8 heteroatoms. The van der Waals surface area contributed by atoms with E-state index in [1.165, 1.54) is 24.3 Å². The van der Waals surface area contributed by atoms with Gasteiger partial charge in [-0.05, 0) is 24.3 Å². The summed E-state index contributed by atoms with van der Waals surface area (Å²) in [6.45, 7) is 0. The van der Waals surface area contributed by atoms with Gasteiger partial charge in [-0.2, -0.15) is 4.09 Å². The van der Waals surface area contributed by atoms with Gasteiger partial charge in [0.15, 0.2) is 0 Å². The molecule has 0 atom stereocenters. The van der Waals surface area contributed by atoms with E-state index in [0.717, 1.165) is 0 Å². The van der Waals surface area contributed by atoms with Crippen molar-refractivity contribution < 1.29 is 5.11 Å². The Kier molecular flexibility index (Phi) is 2.60. The fraction of sp³-hybridized carbons (Fsp3) is 0. The zero-order valence-electron chi connectivity index (χ0n) is 8.25. The van der Waals surface area contributed by atoms with Gasteiger partial charge in [0.25, 0.3) is 0 Å². The number of phenolic OH excluding ortho intramolecular Hbond substituents is 1. The van der Waals surface area contributed by atoms with E-state index in [0.29, 0.717) is 4.57 Å². The molecule has 0 saturated heterocycles. The van der Waals surface area contributed by atoms with Gasteiger partial charge >= 0.3 is 17.1 Å². The van der Waals surface area contributed by atoms with Crippen LogP contribution in [0.5, 0.6) is 5.75 Å². The number of rotatable bonds is 1. The zero-order valence-corrected chi connectivity index (χ0v) is 9.01. The van der Waals surface area contributed by atoms with Crippen molar-refractivity contribution in [2.45, 2.75) is 0 Å². The molecule has 1 aromatic heterocycles. The van der Waals surface area contributed by atoms with E-state index >= 15 is 0 Å². The van der Waals surface area contributed by atoms with E-state index in [1.807, 2.05) is 4.98 Å². The fourth-order valence-electron chi connectivity index (χ4n) is 1.29. The van der Waals surface area contributed by atoms with Crippen LogP contribution in [0.2, 0.25) is 0 Å². The average molecular weight is 256 g/mol. The Hall–Kier alpha value is -2.28. The van der Waals surface area contributed by atoms with Crippen molar-refractivity contribution in [1.29, 1.82) is 0 Å². The van der Waals surface area contributed by atoms with Crippen molar-refractivity contribution in [3.63, 3.8) is 0 Å². The molecule has 0 aliphatic carbocycles. The molecule has 1 heterocycles. The van der Waals surface area contributed by atoms with Gasteiger partial charge in [-0.1, -0.05) is 0 Å². The highest BCUT2D eigenvalue weighted by Gasteiger charge is 2.09. The van der Waals surface area contributed by atoms with E-state index in [2.05, 4.69) is 0 Å². The third-order valence-electron chi connectivity index (χ3n) is 2.06. The molecule has 0 aliphatic heterocycles. The highest BCUT2D eigenvalue weighted by Crippen LogP contribution is 2.10. The number of nitrogens with zero attached hydrogens (tertiary/aromatic N) is 2. The third-order valence-corrected chi connectivity index (χ3v) is 2.36. The van der Waals surface area contributed by atoms with Gasteiger partial charge in [0.05, 0.1) is 5.69 Å². The van der Waals surface area contributed by atoms with Crippen LogP contribution in [0.15, 0.2) is 38.6 Å². The van der Waals surface area contributed by atoms with Crippen molar-refractivity contribution in [1.82, 2.24) is 13.6 Å². The molecule has 2 aromatic rings. The van der Waals surface area contributed by atoms with Crippen LogP contribution in [0.3, 0.4) is 0 Å². The van der Waals surface area contributed by atoms with Crippen molar-refractivity contribution in [2.75, 3.05) is 0 Å². The number of H-pyrrole nitrogens is 1. The van der Waals surface area contributed by atoms with Crippen molar-refractivity contribution >= 4 is 11.8 Å². The first kappa shape index (κ1) is 11.2. The monoisotopic (exact) mass is 255 g/mol. The maximum absolute atomic E-state index is 11.6. The Balaban J connectivity index is 2.81. The van der Waals surface area contributed by atoms with Gasteiger partial charge in [-0.25, -0.2) is 19.0 Å². The lowest BCUT2D eigenvalue weighted by Gasteiger charge is -2.04. The lowest BCUT2D eigenvalue weighted by Crippen LogP contribution is -2.45. The normalized spacial score (nSPS) is 10.4. The predicted molar refractivity (Wildman–Crippen MR) is 59.8 cm³/mol. The molecule has 0 spiro atoms. The molecule has 0 aliphatic rings. The second-order valence-electron chi connectivity index (χ2n) is 3.15. The van der Waals surface area contributed by atoms with E-state index in [-0.39, 0.29) is 15.5 Å². The standard InChI is InChI=1S/C9H6ClN3O4/c10-13-8(16)11-7(15)12(9(13)17)5-1-3-6(14)4-2-5/h1-4,14H,(H,11,15,16). The van der Waals surface area contributed by atoms with Gasteiger partial charge in [-0.3, -0.25) is 4.98 Å². The minimum absolute atomic E-state index is 0.0163. The van der Waals surface area contributed by atoms with Crippen LogP contribution in [0.4, 0.5) is 0 Å². The third kappa shape index (κ3) is 1.87. The first-order valence-corrected chi connectivity index (χ1v) is 4.78. The molecule has 17 heavy (non-hydrogen) atoms. The van der Waals surface area contributed by atoms with Crippen molar-refractivity contribution in [3.05, 3.63) is 55.7 Å². The maximum Gasteiger partial charge on any atom is 0.356 e. The van der Waals surface area contributed by atoms with E-state index in [1.54, 1.807) is 0 Å². The molecule has 2 rings (SSSR count). The van der Waals surface area contributed by atoms with Crippen LogP contribution in [0.25, 0.3) is 5.69 Å². The topological polar surface area (TPSA) is 97.1 Å². The number of halogens is 1. The molecule has 88 valence electrons.